The summed E-state index contributed by atoms with van der Waals surface area (Å²) in [6.45, 7) is 0.948. The molecule has 8 nitrogen and oxygen atoms in total. The van der Waals surface area contributed by atoms with E-state index in [1.165, 1.54) is 20.2 Å². The molecule has 1 aliphatic heterocycles. The normalized spacial score (nSPS) is 14.2. The molecule has 0 unspecified atom stereocenters. The largest absolute Gasteiger partial charge is 0.495 e. The second-order valence-electron chi connectivity index (χ2n) is 5.95. The number of ether oxygens (including phenoxy) is 2. The maximum atomic E-state index is 12.9. The van der Waals surface area contributed by atoms with E-state index < -0.39 is 11.7 Å². The molecule has 150 valence electrons. The fourth-order valence-corrected chi connectivity index (χ4v) is 2.48. The highest BCUT2D eigenvalue weighted by Gasteiger charge is 2.35. The number of anilines is 3. The minimum Gasteiger partial charge on any atom is -0.495 e. The van der Waals surface area contributed by atoms with Crippen molar-refractivity contribution in [2.24, 2.45) is 0 Å². The van der Waals surface area contributed by atoms with Gasteiger partial charge in [-0.25, -0.2) is 4.98 Å². The molecule has 3 N–H and O–H groups in total. The molecule has 0 saturated carbocycles. The first-order chi connectivity index (χ1) is 13.3. The zero-order chi connectivity index (χ0) is 20.3. The van der Waals surface area contributed by atoms with Gasteiger partial charge in [0.2, 0.25) is 5.95 Å². The molecule has 2 heterocycles. The van der Waals surface area contributed by atoms with Gasteiger partial charge in [-0.05, 0) is 18.2 Å². The number of alkyl halides is 3. The molecule has 11 heteroatoms. The Labute approximate surface area is 158 Å². The Morgan fingerprint density at radius 3 is 2.64 bits per heavy atom. The van der Waals surface area contributed by atoms with Crippen molar-refractivity contribution in [3.8, 4) is 5.75 Å². The van der Waals surface area contributed by atoms with E-state index in [9.17, 15) is 18.0 Å². The van der Waals surface area contributed by atoms with Gasteiger partial charge in [0.1, 0.15) is 17.1 Å². The number of carbonyl (C=O) groups excluding carboxylic acids is 1. The minimum atomic E-state index is -4.57. The van der Waals surface area contributed by atoms with Crippen LogP contribution in [0.5, 0.6) is 5.75 Å². The SMILES string of the molecule is CNc1nc(Nc2ccc(C(=O)NC3COC3)cc2OC)ncc1C(F)(F)F. The molecule has 1 aromatic heterocycles. The molecule has 0 aliphatic carbocycles. The summed E-state index contributed by atoms with van der Waals surface area (Å²) >= 11 is 0. The van der Waals surface area contributed by atoms with Crippen LogP contribution in [0.3, 0.4) is 0 Å². The number of methoxy groups -OCH3 is 1. The smallest absolute Gasteiger partial charge is 0.421 e. The molecule has 1 aromatic carbocycles. The van der Waals surface area contributed by atoms with Gasteiger partial charge in [0.15, 0.2) is 0 Å². The van der Waals surface area contributed by atoms with E-state index in [-0.39, 0.29) is 23.7 Å². The van der Waals surface area contributed by atoms with Gasteiger partial charge in [-0.3, -0.25) is 4.79 Å². The summed E-state index contributed by atoms with van der Waals surface area (Å²) in [6.07, 6.45) is -3.88. The molecule has 0 bridgehead atoms. The van der Waals surface area contributed by atoms with Crippen LogP contribution in [0.25, 0.3) is 0 Å². The van der Waals surface area contributed by atoms with E-state index in [0.29, 0.717) is 36.4 Å². The minimum absolute atomic E-state index is 0.0168. The standard InChI is InChI=1S/C17H18F3N5O3/c1-21-14-11(17(18,19)20)6-22-16(25-14)24-12-4-3-9(5-13(12)27-2)15(26)23-10-7-28-8-10/h3-6,10H,7-8H2,1-2H3,(H,23,26)(H2,21,22,24,25). The summed E-state index contributed by atoms with van der Waals surface area (Å²) in [4.78, 5) is 19.8. The van der Waals surface area contributed by atoms with E-state index in [1.807, 2.05) is 0 Å². The van der Waals surface area contributed by atoms with Crippen molar-refractivity contribution in [1.82, 2.24) is 15.3 Å². The lowest BCUT2D eigenvalue weighted by molar-refractivity contribution is -0.137. The third-order valence-corrected chi connectivity index (χ3v) is 4.01. The van der Waals surface area contributed by atoms with Crippen LogP contribution >= 0.6 is 0 Å². The average molecular weight is 397 g/mol. The van der Waals surface area contributed by atoms with Gasteiger partial charge < -0.3 is 25.4 Å². The van der Waals surface area contributed by atoms with Crippen LogP contribution in [0.2, 0.25) is 0 Å². The summed E-state index contributed by atoms with van der Waals surface area (Å²) in [5.41, 5.74) is -0.203. The van der Waals surface area contributed by atoms with Gasteiger partial charge in [-0.2, -0.15) is 18.2 Å². The Bertz CT molecular complexity index is 872. The van der Waals surface area contributed by atoms with Crippen LogP contribution < -0.4 is 20.7 Å². The molecular formula is C17H18F3N5O3. The van der Waals surface area contributed by atoms with Crippen molar-refractivity contribution >= 4 is 23.4 Å². The van der Waals surface area contributed by atoms with Crippen LogP contribution in [0.1, 0.15) is 15.9 Å². The third kappa shape index (κ3) is 4.25. The van der Waals surface area contributed by atoms with Gasteiger partial charge in [0.25, 0.3) is 5.91 Å². The van der Waals surface area contributed by atoms with E-state index in [1.54, 1.807) is 12.1 Å². The summed E-state index contributed by atoms with van der Waals surface area (Å²) in [5.74, 6) is -0.379. The molecule has 0 spiro atoms. The summed E-state index contributed by atoms with van der Waals surface area (Å²) in [7, 11) is 2.75. The van der Waals surface area contributed by atoms with Crippen molar-refractivity contribution in [3.05, 3.63) is 35.5 Å². The molecular weight excluding hydrogens is 379 g/mol. The Morgan fingerprint density at radius 1 is 1.32 bits per heavy atom. The Morgan fingerprint density at radius 2 is 2.07 bits per heavy atom. The summed E-state index contributed by atoms with van der Waals surface area (Å²) in [6, 6.07) is 4.62. The number of aromatic nitrogens is 2. The maximum Gasteiger partial charge on any atom is 0.421 e. The molecule has 1 fully saturated rings. The van der Waals surface area contributed by atoms with Crippen LogP contribution in [0.15, 0.2) is 24.4 Å². The van der Waals surface area contributed by atoms with E-state index in [0.717, 1.165) is 0 Å². The van der Waals surface area contributed by atoms with Gasteiger partial charge >= 0.3 is 6.18 Å². The lowest BCUT2D eigenvalue weighted by Gasteiger charge is -2.26. The van der Waals surface area contributed by atoms with Gasteiger partial charge in [0, 0.05) is 18.8 Å². The van der Waals surface area contributed by atoms with Gasteiger partial charge in [0.05, 0.1) is 32.1 Å². The first-order valence-electron chi connectivity index (χ1n) is 8.27. The van der Waals surface area contributed by atoms with Crippen molar-refractivity contribution in [2.45, 2.75) is 12.2 Å². The zero-order valence-electron chi connectivity index (χ0n) is 15.1. The fourth-order valence-electron chi connectivity index (χ4n) is 2.48. The number of amides is 1. The van der Waals surface area contributed by atoms with Crippen molar-refractivity contribution in [3.63, 3.8) is 0 Å². The van der Waals surface area contributed by atoms with Crippen LogP contribution in [-0.4, -0.2) is 49.3 Å². The van der Waals surface area contributed by atoms with E-state index in [2.05, 4.69) is 25.9 Å². The number of carbonyl (C=O) groups is 1. The number of nitrogens with zero attached hydrogens (tertiary/aromatic N) is 2. The van der Waals surface area contributed by atoms with Crippen molar-refractivity contribution in [1.29, 1.82) is 0 Å². The third-order valence-electron chi connectivity index (χ3n) is 4.01. The Balaban J connectivity index is 1.81. The number of rotatable bonds is 6. The second kappa shape index (κ2) is 7.89. The van der Waals surface area contributed by atoms with Crippen molar-refractivity contribution in [2.75, 3.05) is 38.0 Å². The topological polar surface area (TPSA) is 97.4 Å². The molecule has 28 heavy (non-hydrogen) atoms. The highest BCUT2D eigenvalue weighted by Crippen LogP contribution is 2.34. The number of benzene rings is 1. The average Bonchev–Trinajstić information content (AvgIpc) is 2.63. The Hall–Kier alpha value is -3.08. The lowest BCUT2D eigenvalue weighted by Crippen LogP contribution is -2.48. The van der Waals surface area contributed by atoms with Crippen LogP contribution in [-0.2, 0) is 10.9 Å². The predicted molar refractivity (Wildman–Crippen MR) is 94.9 cm³/mol. The molecule has 1 amide bonds. The maximum absolute atomic E-state index is 12.9. The highest BCUT2D eigenvalue weighted by molar-refractivity contribution is 5.95. The molecule has 0 atom stereocenters. The molecule has 0 radical (unpaired) electrons. The number of hydrogen-bond donors (Lipinski definition) is 3. The van der Waals surface area contributed by atoms with E-state index >= 15 is 0 Å². The molecule has 1 saturated heterocycles. The number of nitrogens with one attached hydrogen (secondary N) is 3. The molecule has 3 rings (SSSR count). The lowest BCUT2D eigenvalue weighted by atomic mass is 10.1. The zero-order valence-corrected chi connectivity index (χ0v) is 15.1. The molecule has 1 aliphatic rings. The van der Waals surface area contributed by atoms with Gasteiger partial charge in [-0.15, -0.1) is 0 Å². The monoisotopic (exact) mass is 397 g/mol. The predicted octanol–water partition coefficient (Wildman–Crippen LogP) is 2.42. The Kier molecular flexibility index (Phi) is 5.54. The summed E-state index contributed by atoms with van der Waals surface area (Å²) < 4.78 is 49.1. The fraction of sp³-hybridized carbons (Fsp3) is 0.353. The first kappa shape index (κ1) is 19.7. The van der Waals surface area contributed by atoms with Crippen LogP contribution in [0, 0.1) is 0 Å². The van der Waals surface area contributed by atoms with E-state index in [4.69, 9.17) is 9.47 Å². The highest BCUT2D eigenvalue weighted by atomic mass is 19.4. The second-order valence-corrected chi connectivity index (χ2v) is 5.95. The first-order valence-corrected chi connectivity index (χ1v) is 8.27. The number of hydrogen-bond acceptors (Lipinski definition) is 7. The quantitative estimate of drug-likeness (QED) is 0.689. The summed E-state index contributed by atoms with van der Waals surface area (Å²) in [5, 5.41) is 8.01. The number of halogens is 3. The van der Waals surface area contributed by atoms with Gasteiger partial charge in [-0.1, -0.05) is 0 Å². The molecule has 2 aromatic rings. The van der Waals surface area contributed by atoms with Crippen molar-refractivity contribution < 1.29 is 27.4 Å². The van der Waals surface area contributed by atoms with Crippen LogP contribution in [0.4, 0.5) is 30.6 Å².